The predicted octanol–water partition coefficient (Wildman–Crippen LogP) is 2.72. The van der Waals surface area contributed by atoms with Crippen molar-refractivity contribution in [1.29, 1.82) is 0 Å². The van der Waals surface area contributed by atoms with E-state index in [2.05, 4.69) is 36.5 Å². The van der Waals surface area contributed by atoms with Crippen molar-refractivity contribution >= 4 is 0 Å². The average Bonchev–Trinajstić information content (AvgIpc) is 2.30. The molecule has 0 aliphatic heterocycles. The van der Waals surface area contributed by atoms with E-state index in [1.165, 1.54) is 24.0 Å². The number of hydrogen-bond donors (Lipinski definition) is 1. The number of nitrogens with two attached hydrogens (primary N) is 1. The van der Waals surface area contributed by atoms with Crippen LogP contribution < -0.4 is 5.73 Å². The normalized spacial score (nSPS) is 25.9. The van der Waals surface area contributed by atoms with Crippen LogP contribution in [0.3, 0.4) is 0 Å². The number of hydrogen-bond acceptors (Lipinski definition) is 1. The van der Waals surface area contributed by atoms with E-state index in [0.717, 1.165) is 13.0 Å². The predicted molar refractivity (Wildman–Crippen MR) is 60.8 cm³/mol. The molecule has 2 aliphatic carbocycles. The van der Waals surface area contributed by atoms with Gasteiger partial charge in [0, 0.05) is 0 Å². The third-order valence-electron chi connectivity index (χ3n) is 2.94. The summed E-state index contributed by atoms with van der Waals surface area (Å²) in [5, 5.41) is 0. The highest BCUT2D eigenvalue weighted by Gasteiger charge is 2.17. The molecular formula is C13H17N. The summed E-state index contributed by atoms with van der Waals surface area (Å²) in [6.45, 7) is 0.761. The summed E-state index contributed by atoms with van der Waals surface area (Å²) in [5.74, 6) is 0.540. The zero-order chi connectivity index (χ0) is 9.80. The van der Waals surface area contributed by atoms with E-state index < -0.39 is 0 Å². The summed E-state index contributed by atoms with van der Waals surface area (Å²) in [6, 6.07) is 0. The molecule has 0 radical (unpaired) electrons. The van der Waals surface area contributed by atoms with Crippen LogP contribution in [0.15, 0.2) is 47.6 Å². The summed E-state index contributed by atoms with van der Waals surface area (Å²) in [4.78, 5) is 0. The second-order valence-corrected chi connectivity index (χ2v) is 3.88. The van der Waals surface area contributed by atoms with E-state index in [-0.39, 0.29) is 0 Å². The fraction of sp³-hybridized carbons (Fsp3) is 0.385. The van der Waals surface area contributed by atoms with Crippen LogP contribution >= 0.6 is 0 Å². The molecule has 0 saturated carbocycles. The molecule has 0 aromatic heterocycles. The fourth-order valence-electron chi connectivity index (χ4n) is 2.11. The Morgan fingerprint density at radius 3 is 2.79 bits per heavy atom. The van der Waals surface area contributed by atoms with E-state index in [1.807, 2.05) is 0 Å². The molecule has 1 heteroatoms. The lowest BCUT2D eigenvalue weighted by atomic mass is 9.83. The van der Waals surface area contributed by atoms with Gasteiger partial charge < -0.3 is 5.73 Å². The number of allylic oxidation sites excluding steroid dienone is 7. The molecule has 1 nitrogen and oxygen atoms in total. The van der Waals surface area contributed by atoms with Gasteiger partial charge in [-0.15, -0.1) is 0 Å². The minimum atomic E-state index is 0.540. The van der Waals surface area contributed by atoms with Crippen molar-refractivity contribution in [3.05, 3.63) is 47.6 Å². The molecule has 0 heterocycles. The van der Waals surface area contributed by atoms with Gasteiger partial charge in [-0.1, -0.05) is 36.5 Å². The second-order valence-electron chi connectivity index (χ2n) is 3.88. The third kappa shape index (κ3) is 1.88. The van der Waals surface area contributed by atoms with E-state index in [4.69, 9.17) is 5.73 Å². The molecule has 0 bridgehead atoms. The highest BCUT2D eigenvalue weighted by molar-refractivity contribution is 5.41. The van der Waals surface area contributed by atoms with Crippen molar-refractivity contribution < 1.29 is 0 Å². The first-order valence-electron chi connectivity index (χ1n) is 5.34. The van der Waals surface area contributed by atoms with Crippen molar-refractivity contribution in [3.63, 3.8) is 0 Å². The first-order valence-corrected chi connectivity index (χ1v) is 5.34. The van der Waals surface area contributed by atoms with Gasteiger partial charge in [-0.2, -0.15) is 0 Å². The van der Waals surface area contributed by atoms with Gasteiger partial charge in [-0.25, -0.2) is 0 Å². The molecule has 0 saturated heterocycles. The maximum Gasteiger partial charge on any atom is -0.000149 e. The Labute approximate surface area is 85.7 Å². The van der Waals surface area contributed by atoms with Crippen molar-refractivity contribution in [2.45, 2.75) is 19.3 Å². The lowest BCUT2D eigenvalue weighted by molar-refractivity contribution is 0.627. The standard InChI is InChI=1S/C13H17N/c14-10-12-8-4-5-9-13(12)11-6-2-1-3-7-11/h1-2,4-6,9,12H,3,7-8,10,14H2. The molecule has 14 heavy (non-hydrogen) atoms. The lowest BCUT2D eigenvalue weighted by Crippen LogP contribution is -2.19. The molecule has 74 valence electrons. The fourth-order valence-corrected chi connectivity index (χ4v) is 2.11. The third-order valence-corrected chi connectivity index (χ3v) is 2.94. The second kappa shape index (κ2) is 4.43. The molecule has 0 aromatic rings. The van der Waals surface area contributed by atoms with Crippen LogP contribution in [0.25, 0.3) is 0 Å². The molecule has 2 aliphatic rings. The topological polar surface area (TPSA) is 26.0 Å². The molecule has 0 aromatic carbocycles. The van der Waals surface area contributed by atoms with Crippen molar-refractivity contribution in [2.24, 2.45) is 11.7 Å². The molecule has 0 amide bonds. The van der Waals surface area contributed by atoms with Gasteiger partial charge in [0.05, 0.1) is 0 Å². The minimum absolute atomic E-state index is 0.540. The average molecular weight is 187 g/mol. The van der Waals surface area contributed by atoms with Gasteiger partial charge in [0.15, 0.2) is 0 Å². The van der Waals surface area contributed by atoms with Crippen LogP contribution in [0.1, 0.15) is 19.3 Å². The van der Waals surface area contributed by atoms with Crippen molar-refractivity contribution in [3.8, 4) is 0 Å². The van der Waals surface area contributed by atoms with Gasteiger partial charge in [0.1, 0.15) is 0 Å². The van der Waals surface area contributed by atoms with Gasteiger partial charge in [-0.3, -0.25) is 0 Å². The lowest BCUT2D eigenvalue weighted by Gasteiger charge is -2.23. The van der Waals surface area contributed by atoms with E-state index >= 15 is 0 Å². The van der Waals surface area contributed by atoms with Crippen LogP contribution in [0, 0.1) is 5.92 Å². The molecule has 0 fully saturated rings. The summed E-state index contributed by atoms with van der Waals surface area (Å²) in [7, 11) is 0. The van der Waals surface area contributed by atoms with Crippen molar-refractivity contribution in [2.75, 3.05) is 6.54 Å². The molecular weight excluding hydrogens is 170 g/mol. The van der Waals surface area contributed by atoms with Crippen LogP contribution in [0.5, 0.6) is 0 Å². The molecule has 2 rings (SSSR count). The summed E-state index contributed by atoms with van der Waals surface area (Å²) >= 11 is 0. The SMILES string of the molecule is NCC1CC=CC=C1C1=CC=CCC1. The Morgan fingerprint density at radius 1 is 1.21 bits per heavy atom. The maximum atomic E-state index is 5.78. The quantitative estimate of drug-likeness (QED) is 0.706. The van der Waals surface area contributed by atoms with Crippen molar-refractivity contribution in [1.82, 2.24) is 0 Å². The minimum Gasteiger partial charge on any atom is -0.330 e. The Hall–Kier alpha value is -1.08. The Kier molecular flexibility index (Phi) is 3.00. The zero-order valence-corrected chi connectivity index (χ0v) is 8.45. The molecule has 0 spiro atoms. The van der Waals surface area contributed by atoms with Gasteiger partial charge in [0.2, 0.25) is 0 Å². The Bertz CT molecular complexity index is 318. The molecule has 1 unspecified atom stereocenters. The van der Waals surface area contributed by atoms with Crippen LogP contribution in [0.4, 0.5) is 0 Å². The Morgan fingerprint density at radius 2 is 2.07 bits per heavy atom. The smallest absolute Gasteiger partial charge is 0.000149 e. The molecule has 2 N–H and O–H groups in total. The Balaban J connectivity index is 2.22. The molecule has 1 atom stereocenters. The van der Waals surface area contributed by atoms with Gasteiger partial charge >= 0.3 is 0 Å². The first-order chi connectivity index (χ1) is 6.92. The van der Waals surface area contributed by atoms with E-state index in [0.29, 0.717) is 5.92 Å². The van der Waals surface area contributed by atoms with Gasteiger partial charge in [0.25, 0.3) is 0 Å². The van der Waals surface area contributed by atoms with Gasteiger partial charge in [-0.05, 0) is 42.9 Å². The van der Waals surface area contributed by atoms with Crippen LogP contribution in [-0.4, -0.2) is 6.54 Å². The highest BCUT2D eigenvalue weighted by atomic mass is 14.5. The maximum absolute atomic E-state index is 5.78. The summed E-state index contributed by atoms with van der Waals surface area (Å²) in [6.07, 6.45) is 16.6. The van der Waals surface area contributed by atoms with E-state index in [9.17, 15) is 0 Å². The zero-order valence-electron chi connectivity index (χ0n) is 8.45. The largest absolute Gasteiger partial charge is 0.330 e. The number of rotatable bonds is 2. The van der Waals surface area contributed by atoms with Crippen LogP contribution in [0.2, 0.25) is 0 Å². The summed E-state index contributed by atoms with van der Waals surface area (Å²) < 4.78 is 0. The first kappa shape index (κ1) is 9.47. The van der Waals surface area contributed by atoms with Crippen LogP contribution in [-0.2, 0) is 0 Å². The van der Waals surface area contributed by atoms with E-state index in [1.54, 1.807) is 0 Å². The summed E-state index contributed by atoms with van der Waals surface area (Å²) in [5.41, 5.74) is 8.72. The monoisotopic (exact) mass is 187 g/mol. The highest BCUT2D eigenvalue weighted by Crippen LogP contribution is 2.30.